The highest BCUT2D eigenvalue weighted by Gasteiger charge is 2.32. The van der Waals surface area contributed by atoms with Gasteiger partial charge in [0.05, 0.1) is 24.8 Å². The fourth-order valence-electron chi connectivity index (χ4n) is 4.29. The number of rotatable bonds is 8. The van der Waals surface area contributed by atoms with E-state index in [1.807, 2.05) is 48.5 Å². The molecule has 2 atom stereocenters. The van der Waals surface area contributed by atoms with Crippen molar-refractivity contribution in [3.63, 3.8) is 0 Å². The number of fused-ring (bicyclic) bond motifs is 1. The van der Waals surface area contributed by atoms with Crippen LogP contribution in [0.2, 0.25) is 0 Å². The Morgan fingerprint density at radius 3 is 2.66 bits per heavy atom. The maximum Gasteiger partial charge on any atom is 0.305 e. The van der Waals surface area contributed by atoms with Crippen molar-refractivity contribution < 1.29 is 24.3 Å². The van der Waals surface area contributed by atoms with E-state index >= 15 is 0 Å². The van der Waals surface area contributed by atoms with Crippen molar-refractivity contribution in [3.8, 4) is 0 Å². The van der Waals surface area contributed by atoms with Crippen LogP contribution in [0.3, 0.4) is 0 Å². The first-order valence-corrected chi connectivity index (χ1v) is 11.4. The highest BCUT2D eigenvalue weighted by atomic mass is 16.6. The summed E-state index contributed by atoms with van der Waals surface area (Å²) in [6.07, 6.45) is 1.59. The standard InChI is InChI=1S/C25H27N5O5/c26-27-14-16-5-7-18(8-6-16)21-11-20(35-29-21)12-23(31)28-22(13-24(32)33)25(34)30-10-9-17-3-1-2-4-19(17)15-30/h1-8,14,20,22H,9-13,15,26H2,(H,28,31)(H,32,33)/b27-14+/t20?,22-/m0/s1. The van der Waals surface area contributed by atoms with Crippen molar-refractivity contribution in [2.75, 3.05) is 6.54 Å². The molecule has 2 aromatic carbocycles. The summed E-state index contributed by atoms with van der Waals surface area (Å²) >= 11 is 0. The molecule has 10 nitrogen and oxygen atoms in total. The van der Waals surface area contributed by atoms with Crippen LogP contribution in [0.1, 0.15) is 41.5 Å². The average Bonchev–Trinajstić information content (AvgIpc) is 3.31. The van der Waals surface area contributed by atoms with Crippen molar-refractivity contribution in [2.45, 2.75) is 44.4 Å². The molecular weight excluding hydrogens is 450 g/mol. The third kappa shape index (κ3) is 6.03. The van der Waals surface area contributed by atoms with Gasteiger partial charge in [0, 0.05) is 19.5 Å². The number of aliphatic carboxylic acids is 1. The second-order valence-corrected chi connectivity index (χ2v) is 8.57. The van der Waals surface area contributed by atoms with Crippen molar-refractivity contribution in [3.05, 3.63) is 70.8 Å². The molecule has 0 fully saturated rings. The summed E-state index contributed by atoms with van der Waals surface area (Å²) in [6.45, 7) is 0.862. The van der Waals surface area contributed by atoms with Crippen molar-refractivity contribution in [1.82, 2.24) is 10.2 Å². The van der Waals surface area contributed by atoms with Crippen LogP contribution in [0.5, 0.6) is 0 Å². The van der Waals surface area contributed by atoms with Gasteiger partial charge in [-0.2, -0.15) is 5.10 Å². The molecule has 4 rings (SSSR count). The van der Waals surface area contributed by atoms with Gasteiger partial charge in [0.15, 0.2) is 0 Å². The quantitative estimate of drug-likeness (QED) is 0.298. The van der Waals surface area contributed by atoms with Gasteiger partial charge in [0.1, 0.15) is 12.1 Å². The predicted molar refractivity (Wildman–Crippen MR) is 129 cm³/mol. The van der Waals surface area contributed by atoms with E-state index in [4.69, 9.17) is 10.7 Å². The fraction of sp³-hybridized carbons (Fsp3) is 0.320. The molecule has 0 saturated carbocycles. The number of amides is 2. The fourth-order valence-corrected chi connectivity index (χ4v) is 4.29. The lowest BCUT2D eigenvalue weighted by Crippen LogP contribution is -2.51. The van der Waals surface area contributed by atoms with E-state index in [0.717, 1.165) is 16.7 Å². The van der Waals surface area contributed by atoms with E-state index < -0.39 is 36.4 Å². The Hall–Kier alpha value is -4.21. The first-order chi connectivity index (χ1) is 16.9. The molecule has 2 aliphatic rings. The summed E-state index contributed by atoms with van der Waals surface area (Å²) < 4.78 is 0. The summed E-state index contributed by atoms with van der Waals surface area (Å²) in [5.41, 5.74) is 4.60. The maximum absolute atomic E-state index is 13.1. The van der Waals surface area contributed by atoms with Crippen LogP contribution in [-0.4, -0.2) is 58.4 Å². The molecule has 2 heterocycles. The number of carbonyl (C=O) groups excluding carboxylic acids is 2. The van der Waals surface area contributed by atoms with Gasteiger partial charge in [0.2, 0.25) is 11.8 Å². The highest BCUT2D eigenvalue weighted by Crippen LogP contribution is 2.21. The number of nitrogens with one attached hydrogen (secondary N) is 1. The van der Waals surface area contributed by atoms with Crippen molar-refractivity contribution in [1.29, 1.82) is 0 Å². The van der Waals surface area contributed by atoms with E-state index in [9.17, 15) is 19.5 Å². The Bertz CT molecular complexity index is 1160. The van der Waals surface area contributed by atoms with E-state index in [2.05, 4.69) is 15.6 Å². The van der Waals surface area contributed by atoms with Crippen molar-refractivity contribution >= 4 is 29.7 Å². The lowest BCUT2D eigenvalue weighted by molar-refractivity contribution is -0.144. The summed E-state index contributed by atoms with van der Waals surface area (Å²) in [5.74, 6) is 3.14. The van der Waals surface area contributed by atoms with Gasteiger partial charge in [-0.3, -0.25) is 14.4 Å². The lowest BCUT2D eigenvalue weighted by Gasteiger charge is -2.31. The van der Waals surface area contributed by atoms with Gasteiger partial charge in [-0.25, -0.2) is 0 Å². The third-order valence-electron chi connectivity index (χ3n) is 6.07. The number of hydrazone groups is 1. The second kappa shape index (κ2) is 10.8. The van der Waals surface area contributed by atoms with Gasteiger partial charge in [-0.15, -0.1) is 0 Å². The van der Waals surface area contributed by atoms with Gasteiger partial charge >= 0.3 is 5.97 Å². The SMILES string of the molecule is N/N=C/c1ccc(C2=NOC(CC(=O)N[C@@H](CC(=O)O)C(=O)N3CCc4ccccc4C3)C2)cc1. The normalized spacial score (nSPS) is 17.9. The summed E-state index contributed by atoms with van der Waals surface area (Å²) in [5, 5.41) is 19.5. The third-order valence-corrected chi connectivity index (χ3v) is 6.07. The molecule has 2 aliphatic heterocycles. The van der Waals surface area contributed by atoms with Gasteiger partial charge in [-0.1, -0.05) is 53.7 Å². The summed E-state index contributed by atoms with van der Waals surface area (Å²) in [6, 6.07) is 14.1. The van der Waals surface area contributed by atoms with E-state index in [1.54, 1.807) is 4.90 Å². The number of nitrogens with two attached hydrogens (primary N) is 1. The number of carbonyl (C=O) groups is 3. The molecule has 35 heavy (non-hydrogen) atoms. The van der Waals surface area contributed by atoms with Crippen LogP contribution in [0.25, 0.3) is 0 Å². The number of benzene rings is 2. The molecule has 0 bridgehead atoms. The molecule has 182 valence electrons. The number of nitrogens with zero attached hydrogens (tertiary/aromatic N) is 3. The van der Waals surface area contributed by atoms with E-state index in [1.165, 1.54) is 11.8 Å². The first-order valence-electron chi connectivity index (χ1n) is 11.4. The maximum atomic E-state index is 13.1. The van der Waals surface area contributed by atoms with Crippen LogP contribution in [-0.2, 0) is 32.2 Å². The average molecular weight is 478 g/mol. The number of carboxylic acids is 1. The Labute approximate surface area is 202 Å². The van der Waals surface area contributed by atoms with Gasteiger partial charge in [-0.05, 0) is 28.7 Å². The Morgan fingerprint density at radius 1 is 1.20 bits per heavy atom. The zero-order valence-corrected chi connectivity index (χ0v) is 19.1. The van der Waals surface area contributed by atoms with Crippen LogP contribution in [0, 0.1) is 0 Å². The van der Waals surface area contributed by atoms with E-state index in [0.29, 0.717) is 31.6 Å². The Morgan fingerprint density at radius 2 is 1.94 bits per heavy atom. The molecular formula is C25H27N5O5. The predicted octanol–water partition coefficient (Wildman–Crippen LogP) is 1.41. The largest absolute Gasteiger partial charge is 0.481 e. The van der Waals surface area contributed by atoms with Crippen LogP contribution in [0.4, 0.5) is 0 Å². The molecule has 0 aliphatic carbocycles. The smallest absolute Gasteiger partial charge is 0.305 e. The van der Waals surface area contributed by atoms with Gasteiger partial charge < -0.3 is 26.0 Å². The monoisotopic (exact) mass is 477 g/mol. The minimum atomic E-state index is -1.16. The topological polar surface area (TPSA) is 147 Å². The van der Waals surface area contributed by atoms with Crippen LogP contribution < -0.4 is 11.2 Å². The molecule has 0 spiro atoms. The number of hydrogen-bond donors (Lipinski definition) is 3. The molecule has 4 N–H and O–H groups in total. The Kier molecular flexibility index (Phi) is 7.39. The molecule has 10 heteroatoms. The zero-order chi connectivity index (χ0) is 24.8. The minimum absolute atomic E-state index is 0.0445. The van der Waals surface area contributed by atoms with Crippen molar-refractivity contribution in [2.24, 2.45) is 16.1 Å². The molecule has 2 aromatic rings. The summed E-state index contributed by atoms with van der Waals surface area (Å²) in [4.78, 5) is 44.2. The summed E-state index contributed by atoms with van der Waals surface area (Å²) in [7, 11) is 0. The van der Waals surface area contributed by atoms with Gasteiger partial charge in [0.25, 0.3) is 0 Å². The number of hydrogen-bond acceptors (Lipinski definition) is 7. The Balaban J connectivity index is 1.33. The lowest BCUT2D eigenvalue weighted by atomic mass is 9.99. The second-order valence-electron chi connectivity index (χ2n) is 8.57. The number of oxime groups is 1. The number of carboxylic acid groups (broad SMARTS) is 1. The molecule has 0 aromatic heterocycles. The van der Waals surface area contributed by atoms with Crippen LogP contribution in [0.15, 0.2) is 58.8 Å². The molecule has 1 unspecified atom stereocenters. The minimum Gasteiger partial charge on any atom is -0.481 e. The first kappa shape index (κ1) is 23.9. The molecule has 0 saturated heterocycles. The highest BCUT2D eigenvalue weighted by molar-refractivity contribution is 6.02. The molecule has 0 radical (unpaired) electrons. The zero-order valence-electron chi connectivity index (χ0n) is 19.1. The van der Waals surface area contributed by atoms with E-state index in [-0.39, 0.29) is 6.42 Å². The molecule has 2 amide bonds. The van der Waals surface area contributed by atoms with Crippen LogP contribution >= 0.6 is 0 Å².